The van der Waals surface area contributed by atoms with Crippen LogP contribution in [-0.4, -0.2) is 55.7 Å². The summed E-state index contributed by atoms with van der Waals surface area (Å²) >= 11 is 1.89. The Morgan fingerprint density at radius 3 is 2.63 bits per heavy atom. The van der Waals surface area contributed by atoms with Gasteiger partial charge in [-0.2, -0.15) is 11.8 Å². The number of carbonyl (C=O) groups excluding carboxylic acids is 1. The minimum atomic E-state index is -0.431. The van der Waals surface area contributed by atoms with Gasteiger partial charge in [0.15, 0.2) is 0 Å². The van der Waals surface area contributed by atoms with Gasteiger partial charge in [0, 0.05) is 17.8 Å². The average molecular weight is 389 g/mol. The molecule has 1 saturated heterocycles. The van der Waals surface area contributed by atoms with Gasteiger partial charge in [0.25, 0.3) is 0 Å². The molecule has 0 N–H and O–H groups in total. The molecule has 2 atom stereocenters. The highest BCUT2D eigenvalue weighted by Crippen LogP contribution is 2.30. The lowest BCUT2D eigenvalue weighted by Crippen LogP contribution is -2.30. The minimum absolute atomic E-state index is 0.321. The lowest BCUT2D eigenvalue weighted by atomic mass is 9.99. The van der Waals surface area contributed by atoms with E-state index >= 15 is 0 Å². The summed E-state index contributed by atoms with van der Waals surface area (Å²) in [5, 5.41) is 0.639. The Hall–Kier alpha value is -2.05. The fourth-order valence-electron chi connectivity index (χ4n) is 3.36. The van der Waals surface area contributed by atoms with Crippen molar-refractivity contribution in [2.45, 2.75) is 17.7 Å². The lowest BCUT2D eigenvalue weighted by Gasteiger charge is -2.20. The molecule has 0 bridgehead atoms. The van der Waals surface area contributed by atoms with Crippen LogP contribution in [0.3, 0.4) is 0 Å². The molecule has 0 radical (unpaired) electrons. The number of thioether (sulfide) groups is 1. The van der Waals surface area contributed by atoms with Gasteiger partial charge in [0.2, 0.25) is 0 Å². The van der Waals surface area contributed by atoms with E-state index in [4.69, 9.17) is 9.47 Å². The Kier molecular flexibility index (Phi) is 6.39. The zero-order valence-electron chi connectivity index (χ0n) is 15.8. The van der Waals surface area contributed by atoms with E-state index in [0.29, 0.717) is 34.8 Å². The molecule has 1 aliphatic heterocycles. The Morgan fingerprint density at radius 2 is 2.00 bits per heavy atom. The van der Waals surface area contributed by atoms with Gasteiger partial charge in [0.05, 0.1) is 12.7 Å². The number of esters is 1. The molecule has 1 aliphatic rings. The van der Waals surface area contributed by atoms with Crippen molar-refractivity contribution in [2.75, 3.05) is 33.6 Å². The van der Waals surface area contributed by atoms with E-state index in [1.807, 2.05) is 17.8 Å². The summed E-state index contributed by atoms with van der Waals surface area (Å²) in [5.74, 6) is -0.0689. The van der Waals surface area contributed by atoms with Crippen LogP contribution in [0.25, 0.3) is 11.1 Å². The molecule has 4 nitrogen and oxygen atoms in total. The van der Waals surface area contributed by atoms with Crippen LogP contribution in [0.15, 0.2) is 42.5 Å². The molecule has 6 heteroatoms. The van der Waals surface area contributed by atoms with Gasteiger partial charge >= 0.3 is 5.97 Å². The van der Waals surface area contributed by atoms with Gasteiger partial charge in [0.1, 0.15) is 18.2 Å². The second-order valence-corrected chi connectivity index (χ2v) is 7.84. The summed E-state index contributed by atoms with van der Waals surface area (Å²) in [5.41, 5.74) is 1.83. The highest BCUT2D eigenvalue weighted by molar-refractivity contribution is 7.99. The van der Waals surface area contributed by atoms with E-state index < -0.39 is 5.97 Å². The first-order valence-corrected chi connectivity index (χ1v) is 10.1. The van der Waals surface area contributed by atoms with Crippen molar-refractivity contribution >= 4 is 17.7 Å². The first-order chi connectivity index (χ1) is 13.0. The molecule has 2 aromatic rings. The van der Waals surface area contributed by atoms with Crippen LogP contribution in [0.1, 0.15) is 16.8 Å². The summed E-state index contributed by atoms with van der Waals surface area (Å²) in [6.07, 6.45) is 3.24. The molecule has 0 aliphatic carbocycles. The topological polar surface area (TPSA) is 38.8 Å². The first kappa shape index (κ1) is 19.7. The van der Waals surface area contributed by atoms with Gasteiger partial charge in [-0.25, -0.2) is 9.18 Å². The van der Waals surface area contributed by atoms with Crippen molar-refractivity contribution in [3.05, 3.63) is 53.8 Å². The van der Waals surface area contributed by atoms with Crippen LogP contribution in [0.2, 0.25) is 0 Å². The van der Waals surface area contributed by atoms with Crippen molar-refractivity contribution < 1.29 is 18.7 Å². The molecule has 3 rings (SSSR count). The van der Waals surface area contributed by atoms with Gasteiger partial charge in [-0.1, -0.05) is 12.1 Å². The van der Waals surface area contributed by atoms with E-state index in [1.54, 1.807) is 24.3 Å². The molecular formula is C21H24FNO3S. The third kappa shape index (κ3) is 4.62. The Labute approximate surface area is 163 Å². The molecular weight excluding hydrogens is 365 g/mol. The standard InChI is InChI=1S/C21H24FNO3S/c1-23-12-18(27-3)10-16(23)13-26-17-8-9-19(21(24)25-2)20(11-17)14-4-6-15(22)7-5-14/h4-9,11,16,18H,10,12-13H2,1-3H3/t16-,18-/m0/s1. The van der Waals surface area contributed by atoms with Gasteiger partial charge in [-0.05, 0) is 61.2 Å². The molecule has 2 aromatic carbocycles. The zero-order valence-corrected chi connectivity index (χ0v) is 16.6. The molecule has 144 valence electrons. The van der Waals surface area contributed by atoms with Gasteiger partial charge in [-0.15, -0.1) is 0 Å². The smallest absolute Gasteiger partial charge is 0.338 e. The summed E-state index contributed by atoms with van der Waals surface area (Å²) in [6, 6.07) is 11.7. The maximum absolute atomic E-state index is 13.3. The predicted octanol–water partition coefficient (Wildman–Crippen LogP) is 4.09. The number of rotatable bonds is 6. The quantitative estimate of drug-likeness (QED) is 0.696. The number of ether oxygens (including phenoxy) is 2. The number of benzene rings is 2. The van der Waals surface area contributed by atoms with E-state index in [1.165, 1.54) is 19.2 Å². The number of carbonyl (C=O) groups is 1. The summed E-state index contributed by atoms with van der Waals surface area (Å²) < 4.78 is 24.2. The molecule has 0 spiro atoms. The largest absolute Gasteiger partial charge is 0.492 e. The Balaban J connectivity index is 1.81. The Bertz CT molecular complexity index is 797. The number of hydrogen-bond donors (Lipinski definition) is 0. The average Bonchev–Trinajstić information content (AvgIpc) is 3.06. The third-order valence-corrected chi connectivity index (χ3v) is 5.99. The van der Waals surface area contributed by atoms with Crippen molar-refractivity contribution in [1.82, 2.24) is 4.90 Å². The maximum atomic E-state index is 13.3. The van der Waals surface area contributed by atoms with Crippen LogP contribution in [0.5, 0.6) is 5.75 Å². The number of nitrogens with zero attached hydrogens (tertiary/aromatic N) is 1. The van der Waals surface area contributed by atoms with Crippen LogP contribution in [0.4, 0.5) is 4.39 Å². The van der Waals surface area contributed by atoms with Gasteiger partial charge in [-0.3, -0.25) is 4.90 Å². The molecule has 0 amide bonds. The fourth-order valence-corrected chi connectivity index (χ4v) is 4.15. The van der Waals surface area contributed by atoms with E-state index in [-0.39, 0.29) is 5.82 Å². The van der Waals surface area contributed by atoms with Crippen molar-refractivity contribution in [3.8, 4) is 16.9 Å². The van der Waals surface area contributed by atoms with Crippen molar-refractivity contribution in [2.24, 2.45) is 0 Å². The SMILES string of the molecule is COC(=O)c1ccc(OC[C@@H]2C[C@H](SC)CN2C)cc1-c1ccc(F)cc1. The normalized spacial score (nSPS) is 19.9. The van der Waals surface area contributed by atoms with E-state index in [9.17, 15) is 9.18 Å². The van der Waals surface area contributed by atoms with E-state index in [0.717, 1.165) is 18.5 Å². The second kappa shape index (κ2) is 8.76. The number of likely N-dealkylation sites (tertiary alicyclic amines) is 1. The number of likely N-dealkylation sites (N-methyl/N-ethyl adjacent to an activating group) is 1. The van der Waals surface area contributed by atoms with Crippen molar-refractivity contribution in [1.29, 1.82) is 0 Å². The fraction of sp³-hybridized carbons (Fsp3) is 0.381. The third-order valence-electron chi connectivity index (χ3n) is 4.98. The number of hydrogen-bond acceptors (Lipinski definition) is 5. The number of methoxy groups -OCH3 is 1. The first-order valence-electron chi connectivity index (χ1n) is 8.86. The molecule has 27 heavy (non-hydrogen) atoms. The summed E-state index contributed by atoms with van der Waals surface area (Å²) in [7, 11) is 3.47. The van der Waals surface area contributed by atoms with Gasteiger partial charge < -0.3 is 9.47 Å². The highest BCUT2D eigenvalue weighted by Gasteiger charge is 2.29. The molecule has 1 fully saturated rings. The zero-order chi connectivity index (χ0) is 19.4. The van der Waals surface area contributed by atoms with Crippen LogP contribution < -0.4 is 4.74 Å². The lowest BCUT2D eigenvalue weighted by molar-refractivity contribution is 0.0601. The molecule has 0 aromatic heterocycles. The molecule has 1 heterocycles. The monoisotopic (exact) mass is 389 g/mol. The highest BCUT2D eigenvalue weighted by atomic mass is 32.2. The number of halogens is 1. The maximum Gasteiger partial charge on any atom is 0.338 e. The summed E-state index contributed by atoms with van der Waals surface area (Å²) in [6.45, 7) is 1.66. The van der Waals surface area contributed by atoms with Crippen molar-refractivity contribution in [3.63, 3.8) is 0 Å². The summed E-state index contributed by atoms with van der Waals surface area (Å²) in [4.78, 5) is 14.4. The van der Waals surface area contributed by atoms with Crippen LogP contribution >= 0.6 is 11.8 Å². The molecule has 0 unspecified atom stereocenters. The Morgan fingerprint density at radius 1 is 1.26 bits per heavy atom. The van der Waals surface area contributed by atoms with E-state index in [2.05, 4.69) is 18.2 Å². The molecule has 0 saturated carbocycles. The van der Waals surface area contributed by atoms with Crippen LogP contribution in [-0.2, 0) is 4.74 Å². The minimum Gasteiger partial charge on any atom is -0.492 e. The predicted molar refractivity (Wildman–Crippen MR) is 107 cm³/mol. The second-order valence-electron chi connectivity index (χ2n) is 6.70. The van der Waals surface area contributed by atoms with Crippen LogP contribution in [0, 0.1) is 5.82 Å².